The van der Waals surface area contributed by atoms with Gasteiger partial charge in [0.1, 0.15) is 50.2 Å². The summed E-state index contributed by atoms with van der Waals surface area (Å²) in [6.07, 6.45) is 4.18. The van der Waals surface area contributed by atoms with Crippen molar-refractivity contribution in [2.24, 2.45) is 0 Å². The van der Waals surface area contributed by atoms with Crippen LogP contribution in [-0.4, -0.2) is 54.1 Å². The van der Waals surface area contributed by atoms with Crippen molar-refractivity contribution in [3.8, 4) is 22.6 Å². The van der Waals surface area contributed by atoms with Gasteiger partial charge in [-0.1, -0.05) is 30.3 Å². The van der Waals surface area contributed by atoms with E-state index in [1.54, 1.807) is 5.01 Å². The molecule has 2 aliphatic heterocycles. The van der Waals surface area contributed by atoms with Gasteiger partial charge >= 0.3 is 0 Å². The molecule has 0 bridgehead atoms. The molecule has 9 nitrogen and oxygen atoms in total. The number of aliphatic hydroxyl groups excluding tert-OH is 1. The van der Waals surface area contributed by atoms with Gasteiger partial charge in [-0.25, -0.2) is 22.8 Å². The van der Waals surface area contributed by atoms with Crippen molar-refractivity contribution in [1.29, 1.82) is 0 Å². The summed E-state index contributed by atoms with van der Waals surface area (Å²) < 4.78 is 49.3. The SMILES string of the molecule is Cc1cc(OCCCS(C)(=O)=O)cc(C)c1-c1cccc(COc2ccc(C3=CN(C4=CC(O)NS4=O)NC3)cc2)c1. The molecule has 5 rings (SSSR count). The number of hydrogen-bond acceptors (Lipinski definition) is 8. The van der Waals surface area contributed by atoms with Crippen LogP contribution in [0.3, 0.4) is 0 Å². The number of benzene rings is 3. The summed E-state index contributed by atoms with van der Waals surface area (Å²) in [5, 5.41) is 11.8. The third-order valence-corrected chi connectivity index (χ3v) is 9.16. The van der Waals surface area contributed by atoms with E-state index in [4.69, 9.17) is 9.47 Å². The highest BCUT2D eigenvalue weighted by Crippen LogP contribution is 2.32. The molecule has 0 amide bonds. The number of aliphatic hydroxyl groups is 1. The van der Waals surface area contributed by atoms with Crippen LogP contribution in [0.2, 0.25) is 0 Å². The van der Waals surface area contributed by atoms with E-state index in [0.29, 0.717) is 31.2 Å². The number of sulfone groups is 1. The molecule has 0 saturated carbocycles. The van der Waals surface area contributed by atoms with Crippen molar-refractivity contribution >= 4 is 26.4 Å². The third kappa shape index (κ3) is 7.47. The number of aryl methyl sites for hydroxylation is 2. The summed E-state index contributed by atoms with van der Waals surface area (Å²) in [7, 11) is -4.45. The number of hydrazine groups is 1. The van der Waals surface area contributed by atoms with Crippen molar-refractivity contribution in [2.45, 2.75) is 33.1 Å². The number of hydrogen-bond donors (Lipinski definition) is 3. The van der Waals surface area contributed by atoms with Gasteiger partial charge in [0.25, 0.3) is 0 Å². The largest absolute Gasteiger partial charge is 0.494 e. The fourth-order valence-electron chi connectivity index (χ4n) is 5.03. The molecule has 0 saturated heterocycles. The molecule has 0 radical (unpaired) electrons. The molecule has 3 aromatic carbocycles. The smallest absolute Gasteiger partial charge is 0.147 e. The van der Waals surface area contributed by atoms with E-state index in [9.17, 15) is 17.7 Å². The fraction of sp³-hybridized carbons (Fsp3) is 0.290. The van der Waals surface area contributed by atoms with E-state index in [2.05, 4.69) is 36.1 Å². The number of ether oxygens (including phenoxy) is 2. The zero-order valence-corrected chi connectivity index (χ0v) is 25.4. The van der Waals surface area contributed by atoms with Crippen LogP contribution in [0.15, 0.2) is 78.0 Å². The molecule has 0 aromatic heterocycles. The summed E-state index contributed by atoms with van der Waals surface area (Å²) >= 11 is 0. The van der Waals surface area contributed by atoms with E-state index in [0.717, 1.165) is 50.5 Å². The van der Waals surface area contributed by atoms with Crippen LogP contribution in [0.25, 0.3) is 16.7 Å². The summed E-state index contributed by atoms with van der Waals surface area (Å²) in [6.45, 7) is 5.45. The molecule has 2 aliphatic rings. The van der Waals surface area contributed by atoms with E-state index < -0.39 is 27.1 Å². The van der Waals surface area contributed by atoms with Crippen LogP contribution >= 0.6 is 0 Å². The van der Waals surface area contributed by atoms with E-state index >= 15 is 0 Å². The minimum Gasteiger partial charge on any atom is -0.494 e. The van der Waals surface area contributed by atoms with Gasteiger partial charge in [0, 0.05) is 19.0 Å². The van der Waals surface area contributed by atoms with Crippen LogP contribution in [0.5, 0.6) is 11.5 Å². The molecular weight excluding hydrogens is 574 g/mol. The molecule has 2 heterocycles. The first-order valence-corrected chi connectivity index (χ1v) is 16.8. The summed E-state index contributed by atoms with van der Waals surface area (Å²) in [6, 6.07) is 20.1. The lowest BCUT2D eigenvalue weighted by molar-refractivity contribution is 0.217. The molecule has 3 aromatic rings. The Hall–Kier alpha value is -3.48. The van der Waals surface area contributed by atoms with Gasteiger partial charge in [-0.15, -0.1) is 0 Å². The highest BCUT2D eigenvalue weighted by atomic mass is 32.2. The second kappa shape index (κ2) is 12.8. The highest BCUT2D eigenvalue weighted by molar-refractivity contribution is 7.90. The van der Waals surface area contributed by atoms with Gasteiger partial charge in [-0.2, -0.15) is 0 Å². The second-order valence-electron chi connectivity index (χ2n) is 10.5. The van der Waals surface area contributed by atoms with Crippen LogP contribution in [-0.2, 0) is 27.4 Å². The van der Waals surface area contributed by atoms with Crippen molar-refractivity contribution in [3.05, 3.63) is 100 Å². The molecule has 2 atom stereocenters. The Morgan fingerprint density at radius 3 is 2.40 bits per heavy atom. The topological polar surface area (TPSA) is 117 Å². The number of nitrogens with one attached hydrogen (secondary N) is 2. The molecule has 11 heteroatoms. The normalized spacial score (nSPS) is 18.6. The monoisotopic (exact) mass is 609 g/mol. The zero-order chi connectivity index (χ0) is 29.9. The molecule has 0 aliphatic carbocycles. The van der Waals surface area contributed by atoms with Gasteiger partial charge in [-0.05, 0) is 95.6 Å². The maximum Gasteiger partial charge on any atom is 0.147 e. The average molecular weight is 610 g/mol. The minimum absolute atomic E-state index is 0.115. The first-order chi connectivity index (χ1) is 20.1. The second-order valence-corrected chi connectivity index (χ2v) is 13.9. The predicted octanol–water partition coefficient (Wildman–Crippen LogP) is 3.95. The lowest BCUT2D eigenvalue weighted by Crippen LogP contribution is -2.31. The van der Waals surface area contributed by atoms with Crippen molar-refractivity contribution in [1.82, 2.24) is 15.2 Å². The molecule has 0 spiro atoms. The first kappa shape index (κ1) is 30.0. The standard InChI is InChI=1S/C31H35N3O6S2/c1-21-14-28(39-12-5-13-42(3,37)38)15-22(2)31(21)25-7-4-6-23(16-25)20-40-27-10-8-24(9-11-27)26-18-32-34(19-26)30-17-29(35)33-41(30)36/h4,6-11,14-17,19,29,32-33,35H,5,12-13,18,20H2,1-3H3. The molecule has 0 fully saturated rings. The van der Waals surface area contributed by atoms with Crippen LogP contribution < -0.4 is 19.6 Å². The van der Waals surface area contributed by atoms with Gasteiger partial charge in [0.15, 0.2) is 0 Å². The maximum atomic E-state index is 12.1. The van der Waals surface area contributed by atoms with Crippen LogP contribution in [0.1, 0.15) is 28.7 Å². The van der Waals surface area contributed by atoms with E-state index in [-0.39, 0.29) is 5.75 Å². The summed E-state index contributed by atoms with van der Waals surface area (Å²) in [4.78, 5) is 0. The fourth-order valence-corrected chi connectivity index (χ4v) is 6.63. The highest BCUT2D eigenvalue weighted by Gasteiger charge is 2.27. The van der Waals surface area contributed by atoms with Gasteiger partial charge in [0.05, 0.1) is 12.4 Å². The minimum atomic E-state index is -2.99. The van der Waals surface area contributed by atoms with Gasteiger partial charge in [0.2, 0.25) is 0 Å². The van der Waals surface area contributed by atoms with Gasteiger partial charge < -0.3 is 14.6 Å². The van der Waals surface area contributed by atoms with Crippen molar-refractivity contribution in [2.75, 3.05) is 25.2 Å². The lowest BCUT2D eigenvalue weighted by atomic mass is 9.94. The molecule has 222 valence electrons. The molecule has 3 N–H and O–H groups in total. The Morgan fingerprint density at radius 1 is 1.00 bits per heavy atom. The molecule has 2 unspecified atom stereocenters. The van der Waals surface area contributed by atoms with Gasteiger partial charge in [-0.3, -0.25) is 5.01 Å². The Morgan fingerprint density at radius 2 is 1.74 bits per heavy atom. The van der Waals surface area contributed by atoms with Crippen molar-refractivity contribution < 1.29 is 27.2 Å². The molecule has 42 heavy (non-hydrogen) atoms. The van der Waals surface area contributed by atoms with Crippen molar-refractivity contribution in [3.63, 3.8) is 0 Å². The third-order valence-electron chi connectivity index (χ3n) is 6.96. The molecular formula is C31H35N3O6S2. The number of nitrogens with zero attached hydrogens (tertiary/aromatic N) is 1. The van der Waals surface area contributed by atoms with Crippen LogP contribution in [0, 0.1) is 13.8 Å². The Labute approximate surface area is 249 Å². The predicted molar refractivity (Wildman–Crippen MR) is 165 cm³/mol. The first-order valence-electron chi connectivity index (χ1n) is 13.6. The summed E-state index contributed by atoms with van der Waals surface area (Å²) in [5.41, 5.74) is 10.7. The average Bonchev–Trinajstić information content (AvgIpc) is 3.55. The van der Waals surface area contributed by atoms with Crippen LogP contribution in [0.4, 0.5) is 0 Å². The number of rotatable bonds is 11. The zero-order valence-electron chi connectivity index (χ0n) is 23.8. The Bertz CT molecular complexity index is 1630. The quantitative estimate of drug-likeness (QED) is 0.280. The Balaban J connectivity index is 1.20. The lowest BCUT2D eigenvalue weighted by Gasteiger charge is -2.15. The van der Waals surface area contributed by atoms with E-state index in [1.807, 2.05) is 54.7 Å². The van der Waals surface area contributed by atoms with E-state index in [1.165, 1.54) is 12.3 Å². The summed E-state index contributed by atoms with van der Waals surface area (Å²) in [5.74, 6) is 1.61. The Kier molecular flexibility index (Phi) is 9.14. The maximum absolute atomic E-state index is 12.1.